The van der Waals surface area contributed by atoms with E-state index in [1.165, 1.54) is 5.56 Å². The van der Waals surface area contributed by atoms with Crippen LogP contribution in [0.3, 0.4) is 0 Å². The standard InChI is InChI=1S/C24H30N6O2/c31-23(25-11-14-29-15-12-26-24(29)32)18-8-5-13-30(16-18)22-19-9-4-10-20(19)27-21(28-22)17-6-2-1-3-7-17/h1-3,6-7,18H,4-5,8-16H2,(H,25,31)(H,26,32). The molecule has 2 aliphatic heterocycles. The van der Waals surface area contributed by atoms with Gasteiger partial charge >= 0.3 is 6.03 Å². The Kier molecular flexibility index (Phi) is 5.92. The van der Waals surface area contributed by atoms with Gasteiger partial charge < -0.3 is 20.4 Å². The van der Waals surface area contributed by atoms with Crippen LogP contribution in [0.1, 0.15) is 30.5 Å². The van der Waals surface area contributed by atoms with E-state index in [4.69, 9.17) is 9.97 Å². The maximum atomic E-state index is 12.9. The number of nitrogens with zero attached hydrogens (tertiary/aromatic N) is 4. The smallest absolute Gasteiger partial charge is 0.317 e. The molecule has 0 bridgehead atoms. The summed E-state index contributed by atoms with van der Waals surface area (Å²) in [5.41, 5.74) is 3.44. The molecule has 1 aliphatic carbocycles. The lowest BCUT2D eigenvalue weighted by molar-refractivity contribution is -0.125. The number of piperidine rings is 1. The summed E-state index contributed by atoms with van der Waals surface area (Å²) in [7, 11) is 0. The van der Waals surface area contributed by atoms with Crippen LogP contribution in [0.15, 0.2) is 30.3 Å². The van der Waals surface area contributed by atoms with Gasteiger partial charge in [0.1, 0.15) is 5.82 Å². The van der Waals surface area contributed by atoms with Crippen LogP contribution in [-0.4, -0.2) is 66.1 Å². The second-order valence-corrected chi connectivity index (χ2v) is 8.81. The van der Waals surface area contributed by atoms with Gasteiger partial charge in [-0.2, -0.15) is 0 Å². The van der Waals surface area contributed by atoms with Crippen molar-refractivity contribution in [2.75, 3.05) is 44.2 Å². The van der Waals surface area contributed by atoms with E-state index in [0.29, 0.717) is 32.7 Å². The van der Waals surface area contributed by atoms with E-state index in [0.717, 1.165) is 61.5 Å². The van der Waals surface area contributed by atoms with Crippen molar-refractivity contribution < 1.29 is 9.59 Å². The van der Waals surface area contributed by atoms with Crippen LogP contribution in [0.4, 0.5) is 10.6 Å². The average molecular weight is 435 g/mol. The molecule has 2 aromatic rings. The largest absolute Gasteiger partial charge is 0.355 e. The second-order valence-electron chi connectivity index (χ2n) is 8.81. The molecule has 2 saturated heterocycles. The van der Waals surface area contributed by atoms with Gasteiger partial charge in [-0.15, -0.1) is 0 Å². The van der Waals surface area contributed by atoms with Crippen LogP contribution in [-0.2, 0) is 17.6 Å². The number of benzene rings is 1. The second kappa shape index (κ2) is 9.14. The van der Waals surface area contributed by atoms with Crippen LogP contribution in [0, 0.1) is 5.92 Å². The molecule has 168 valence electrons. The molecule has 32 heavy (non-hydrogen) atoms. The van der Waals surface area contributed by atoms with E-state index in [1.54, 1.807) is 4.90 Å². The molecule has 1 aromatic carbocycles. The minimum absolute atomic E-state index is 0.0464. The Morgan fingerprint density at radius 2 is 2.00 bits per heavy atom. The fraction of sp³-hybridized carbons (Fsp3) is 0.500. The first-order valence-electron chi connectivity index (χ1n) is 11.7. The van der Waals surface area contributed by atoms with E-state index in [2.05, 4.69) is 15.5 Å². The van der Waals surface area contributed by atoms with Crippen molar-refractivity contribution in [2.45, 2.75) is 32.1 Å². The summed E-state index contributed by atoms with van der Waals surface area (Å²) in [5.74, 6) is 1.79. The fourth-order valence-electron chi connectivity index (χ4n) is 4.96. The minimum Gasteiger partial charge on any atom is -0.355 e. The van der Waals surface area contributed by atoms with E-state index in [-0.39, 0.29) is 17.9 Å². The number of hydrogen-bond acceptors (Lipinski definition) is 5. The maximum absolute atomic E-state index is 12.9. The molecule has 8 nitrogen and oxygen atoms in total. The first-order chi connectivity index (χ1) is 15.7. The number of anilines is 1. The van der Waals surface area contributed by atoms with Crippen molar-refractivity contribution in [3.8, 4) is 11.4 Å². The molecule has 3 heterocycles. The average Bonchev–Trinajstić information content (AvgIpc) is 3.48. The normalized spacial score (nSPS) is 20.2. The Bertz CT molecular complexity index is 995. The summed E-state index contributed by atoms with van der Waals surface area (Å²) in [6, 6.07) is 10.1. The maximum Gasteiger partial charge on any atom is 0.317 e. The molecule has 0 radical (unpaired) electrons. The van der Waals surface area contributed by atoms with E-state index in [9.17, 15) is 9.59 Å². The molecule has 0 spiro atoms. The summed E-state index contributed by atoms with van der Waals surface area (Å²) < 4.78 is 0. The number of aryl methyl sites for hydroxylation is 1. The molecule has 3 aliphatic rings. The first kappa shape index (κ1) is 20.7. The van der Waals surface area contributed by atoms with Crippen molar-refractivity contribution in [2.24, 2.45) is 5.92 Å². The highest BCUT2D eigenvalue weighted by atomic mass is 16.2. The van der Waals surface area contributed by atoms with Crippen molar-refractivity contribution in [1.82, 2.24) is 25.5 Å². The summed E-state index contributed by atoms with van der Waals surface area (Å²) in [5, 5.41) is 5.83. The van der Waals surface area contributed by atoms with Crippen molar-refractivity contribution in [1.29, 1.82) is 0 Å². The molecule has 1 unspecified atom stereocenters. The number of nitrogens with one attached hydrogen (secondary N) is 2. The monoisotopic (exact) mass is 434 g/mol. The lowest BCUT2D eigenvalue weighted by Crippen LogP contribution is -2.45. The summed E-state index contributed by atoms with van der Waals surface area (Å²) in [6.45, 7) is 4.01. The van der Waals surface area contributed by atoms with Gasteiger partial charge in [0.2, 0.25) is 5.91 Å². The minimum atomic E-state index is -0.0663. The number of rotatable bonds is 6. The molecule has 3 amide bonds. The Morgan fingerprint density at radius 1 is 1.12 bits per heavy atom. The van der Waals surface area contributed by atoms with Crippen molar-refractivity contribution >= 4 is 17.8 Å². The fourth-order valence-corrected chi connectivity index (χ4v) is 4.96. The topological polar surface area (TPSA) is 90.5 Å². The number of urea groups is 1. The van der Waals surface area contributed by atoms with Gasteiger partial charge in [-0.3, -0.25) is 4.79 Å². The number of fused-ring (bicyclic) bond motifs is 1. The van der Waals surface area contributed by atoms with Crippen molar-refractivity contribution in [3.05, 3.63) is 41.6 Å². The highest BCUT2D eigenvalue weighted by molar-refractivity contribution is 5.80. The van der Waals surface area contributed by atoms with E-state index >= 15 is 0 Å². The molecule has 1 atom stereocenters. The van der Waals surface area contributed by atoms with Crippen molar-refractivity contribution in [3.63, 3.8) is 0 Å². The zero-order valence-electron chi connectivity index (χ0n) is 18.3. The molecule has 8 heteroatoms. The highest BCUT2D eigenvalue weighted by Gasteiger charge is 2.30. The van der Waals surface area contributed by atoms with Gasteiger partial charge in [-0.25, -0.2) is 14.8 Å². The van der Waals surface area contributed by atoms with Gasteiger partial charge in [-0.1, -0.05) is 30.3 Å². The first-order valence-corrected chi connectivity index (χ1v) is 11.7. The number of amides is 3. The molecule has 1 aromatic heterocycles. The van der Waals surface area contributed by atoms with Gasteiger partial charge in [0, 0.05) is 56.1 Å². The zero-order valence-corrected chi connectivity index (χ0v) is 18.3. The van der Waals surface area contributed by atoms with E-state index in [1.807, 2.05) is 30.3 Å². The Balaban J connectivity index is 1.28. The van der Waals surface area contributed by atoms with Crippen LogP contribution in [0.5, 0.6) is 0 Å². The van der Waals surface area contributed by atoms with Crippen LogP contribution < -0.4 is 15.5 Å². The Hall–Kier alpha value is -3.16. The third kappa shape index (κ3) is 4.26. The zero-order chi connectivity index (χ0) is 21.9. The van der Waals surface area contributed by atoms with Gasteiger partial charge in [0.05, 0.1) is 5.92 Å². The van der Waals surface area contributed by atoms with Gasteiger partial charge in [-0.05, 0) is 32.1 Å². The number of carbonyl (C=O) groups is 2. The summed E-state index contributed by atoms with van der Waals surface area (Å²) >= 11 is 0. The predicted molar refractivity (Wildman–Crippen MR) is 122 cm³/mol. The lowest BCUT2D eigenvalue weighted by atomic mass is 9.96. The Morgan fingerprint density at radius 3 is 2.81 bits per heavy atom. The molecule has 2 fully saturated rings. The summed E-state index contributed by atoms with van der Waals surface area (Å²) in [6.07, 6.45) is 4.95. The SMILES string of the molecule is O=C(NCCN1CCNC1=O)C1CCCN(c2nc(-c3ccccc3)nc3c2CCC3)C1. The molecule has 0 saturated carbocycles. The van der Waals surface area contributed by atoms with Crippen LogP contribution in [0.2, 0.25) is 0 Å². The van der Waals surface area contributed by atoms with Crippen LogP contribution >= 0.6 is 0 Å². The molecular formula is C24H30N6O2. The predicted octanol–water partition coefficient (Wildman–Crippen LogP) is 1.99. The molecule has 2 N–H and O–H groups in total. The number of hydrogen-bond donors (Lipinski definition) is 2. The van der Waals surface area contributed by atoms with Gasteiger partial charge in [0.25, 0.3) is 0 Å². The molecule has 5 rings (SSSR count). The highest BCUT2D eigenvalue weighted by Crippen LogP contribution is 2.33. The number of carbonyl (C=O) groups excluding carboxylic acids is 2. The third-order valence-corrected chi connectivity index (χ3v) is 6.66. The summed E-state index contributed by atoms with van der Waals surface area (Å²) in [4.78, 5) is 38.4. The lowest BCUT2D eigenvalue weighted by Gasteiger charge is -2.34. The van der Waals surface area contributed by atoms with Gasteiger partial charge in [0.15, 0.2) is 5.82 Å². The number of aromatic nitrogens is 2. The Labute approximate surface area is 188 Å². The molecular weight excluding hydrogens is 404 g/mol. The quantitative estimate of drug-likeness (QED) is 0.726. The third-order valence-electron chi connectivity index (χ3n) is 6.66. The van der Waals surface area contributed by atoms with E-state index < -0.39 is 0 Å². The van der Waals surface area contributed by atoms with Crippen LogP contribution in [0.25, 0.3) is 11.4 Å².